The van der Waals surface area contributed by atoms with Gasteiger partial charge < -0.3 is 0 Å². The summed E-state index contributed by atoms with van der Waals surface area (Å²) in [5.74, 6) is -2.33. The zero-order valence-electron chi connectivity index (χ0n) is 19.6. The van der Waals surface area contributed by atoms with Gasteiger partial charge in [0.1, 0.15) is 6.04 Å². The molecule has 2 aromatic rings. The number of Topliss-reactive ketones (excluding diaryl/α,β-unsaturated/α-hetero) is 1. The number of carbonyl (C=O) groups is 4. The summed E-state index contributed by atoms with van der Waals surface area (Å²) in [5.41, 5.74) is 0.378. The molecule has 1 heterocycles. The van der Waals surface area contributed by atoms with Crippen molar-refractivity contribution in [3.05, 3.63) is 81.9 Å². The minimum absolute atomic E-state index is 0.0241. The fourth-order valence-electron chi connectivity index (χ4n) is 6.56. The van der Waals surface area contributed by atoms with Crippen LogP contribution < -0.4 is 0 Å². The van der Waals surface area contributed by atoms with Crippen LogP contribution in [0.25, 0.3) is 0 Å². The van der Waals surface area contributed by atoms with E-state index >= 15 is 0 Å². The highest BCUT2D eigenvalue weighted by atomic mass is 35.5. The molecule has 1 aliphatic heterocycles. The van der Waals surface area contributed by atoms with E-state index in [4.69, 9.17) is 34.8 Å². The van der Waals surface area contributed by atoms with Gasteiger partial charge in [-0.05, 0) is 72.9 Å². The van der Waals surface area contributed by atoms with Crippen molar-refractivity contribution in [2.24, 2.45) is 35.5 Å². The average molecular weight is 558 g/mol. The van der Waals surface area contributed by atoms with Gasteiger partial charge in [-0.2, -0.15) is 5.01 Å². The Kier molecular flexibility index (Phi) is 6.17. The zero-order valence-corrected chi connectivity index (χ0v) is 21.9. The van der Waals surface area contributed by atoms with Crippen molar-refractivity contribution in [2.75, 3.05) is 5.88 Å². The van der Waals surface area contributed by atoms with E-state index in [0.717, 1.165) is 16.4 Å². The second kappa shape index (κ2) is 9.26. The van der Waals surface area contributed by atoms with Gasteiger partial charge in [0, 0.05) is 16.5 Å². The van der Waals surface area contributed by atoms with E-state index in [0.29, 0.717) is 16.9 Å². The quantitative estimate of drug-likeness (QED) is 0.201. The molecule has 7 rings (SSSR count). The smallest absolute Gasteiger partial charge is 0.275 e. The van der Waals surface area contributed by atoms with Gasteiger partial charge in [-0.3, -0.25) is 19.2 Å². The molecule has 3 fully saturated rings. The molecule has 1 saturated heterocycles. The third-order valence-corrected chi connectivity index (χ3v) is 9.08. The minimum Gasteiger partial charge on any atom is -0.292 e. The molecule has 2 aromatic carbocycles. The summed E-state index contributed by atoms with van der Waals surface area (Å²) in [6, 6.07) is 11.4. The maximum Gasteiger partial charge on any atom is 0.275 e. The van der Waals surface area contributed by atoms with Crippen molar-refractivity contribution >= 4 is 58.3 Å². The Morgan fingerprint density at radius 1 is 0.919 bits per heavy atom. The van der Waals surface area contributed by atoms with Gasteiger partial charge in [0.05, 0.1) is 22.4 Å². The number of rotatable bonds is 7. The Hall–Kier alpha value is -2.67. The van der Waals surface area contributed by atoms with Gasteiger partial charge in [0.2, 0.25) is 0 Å². The number of hydrogen-bond acceptors (Lipinski definition) is 4. The van der Waals surface area contributed by atoms with Gasteiger partial charge >= 0.3 is 0 Å². The molecule has 0 unspecified atom stereocenters. The Bertz CT molecular complexity index is 1310. The van der Waals surface area contributed by atoms with Crippen LogP contribution in [0, 0.1) is 35.5 Å². The van der Waals surface area contributed by atoms with Crippen LogP contribution in [-0.4, -0.2) is 45.4 Å². The number of amides is 3. The lowest BCUT2D eigenvalue weighted by Gasteiger charge is -2.37. The third-order valence-electron chi connectivity index (χ3n) is 8.28. The second-order valence-electron chi connectivity index (χ2n) is 10.1. The van der Waals surface area contributed by atoms with Crippen LogP contribution in [0.3, 0.4) is 0 Å². The predicted molar refractivity (Wildman–Crippen MR) is 139 cm³/mol. The van der Waals surface area contributed by atoms with Crippen molar-refractivity contribution in [3.63, 3.8) is 0 Å². The number of allylic oxidation sites excluding steroid dienone is 2. The third kappa shape index (κ3) is 3.84. The highest BCUT2D eigenvalue weighted by molar-refractivity contribution is 6.34. The second-order valence-corrected chi connectivity index (χ2v) is 11.4. The molecule has 2 bridgehead atoms. The number of benzene rings is 2. The normalized spacial score (nSPS) is 29.6. The summed E-state index contributed by atoms with van der Waals surface area (Å²) in [5, 5.41) is 2.56. The number of imide groups is 1. The Balaban J connectivity index is 1.45. The average Bonchev–Trinajstić information content (AvgIpc) is 3.68. The van der Waals surface area contributed by atoms with E-state index in [-0.39, 0.29) is 40.3 Å². The number of nitrogens with zero attached hydrogens (tertiary/aromatic N) is 2. The first-order valence-corrected chi connectivity index (χ1v) is 13.6. The van der Waals surface area contributed by atoms with Crippen LogP contribution in [0.5, 0.6) is 0 Å². The van der Waals surface area contributed by atoms with Gasteiger partial charge in [-0.15, -0.1) is 11.6 Å². The largest absolute Gasteiger partial charge is 0.292 e. The molecule has 3 amide bonds. The molecule has 9 heteroatoms. The maximum absolute atomic E-state index is 14.1. The van der Waals surface area contributed by atoms with Gasteiger partial charge in [0.15, 0.2) is 5.78 Å². The van der Waals surface area contributed by atoms with Crippen LogP contribution in [0.2, 0.25) is 10.0 Å². The number of carbonyl (C=O) groups excluding carboxylic acids is 4. The van der Waals surface area contributed by atoms with Crippen LogP contribution in [-0.2, 0) is 9.59 Å². The van der Waals surface area contributed by atoms with Crippen LogP contribution in [0.1, 0.15) is 33.6 Å². The molecule has 6 nitrogen and oxygen atoms in total. The first-order chi connectivity index (χ1) is 17.8. The number of halogens is 3. The molecule has 0 aromatic heterocycles. The monoisotopic (exact) mass is 556 g/mol. The highest BCUT2D eigenvalue weighted by Crippen LogP contribution is 2.65. The lowest BCUT2D eigenvalue weighted by Crippen LogP contribution is -2.57. The first-order valence-electron chi connectivity index (χ1n) is 12.3. The number of hydrazine groups is 1. The van der Waals surface area contributed by atoms with Crippen molar-refractivity contribution in [3.8, 4) is 0 Å². The van der Waals surface area contributed by atoms with E-state index < -0.39 is 41.4 Å². The van der Waals surface area contributed by atoms with Crippen molar-refractivity contribution < 1.29 is 19.2 Å². The highest BCUT2D eigenvalue weighted by Gasteiger charge is 2.68. The van der Waals surface area contributed by atoms with E-state index in [9.17, 15) is 19.2 Å². The van der Waals surface area contributed by atoms with Crippen LogP contribution >= 0.6 is 34.8 Å². The number of hydrogen-bond donors (Lipinski definition) is 0. The van der Waals surface area contributed by atoms with E-state index in [2.05, 4.69) is 12.2 Å². The Morgan fingerprint density at radius 2 is 1.51 bits per heavy atom. The van der Waals surface area contributed by atoms with Gasteiger partial charge in [-0.1, -0.05) is 47.5 Å². The summed E-state index contributed by atoms with van der Waals surface area (Å²) >= 11 is 18.5. The molecule has 5 aliphatic rings. The fraction of sp³-hybridized carbons (Fsp3) is 0.357. The molecule has 7 atom stereocenters. The molecule has 0 radical (unpaired) electrons. The molecule has 0 N–H and O–H groups in total. The molecule has 4 aliphatic carbocycles. The maximum atomic E-state index is 14.1. The summed E-state index contributed by atoms with van der Waals surface area (Å²) in [6.45, 7) is 0. The summed E-state index contributed by atoms with van der Waals surface area (Å²) < 4.78 is 0. The van der Waals surface area contributed by atoms with E-state index in [1.54, 1.807) is 42.5 Å². The van der Waals surface area contributed by atoms with Crippen molar-refractivity contribution in [1.29, 1.82) is 0 Å². The SMILES string of the molecule is O=C(c1ccc(Cl)cc1)[C@H](CCCl)N(C(=O)c1ccccc1Cl)N1C(=O)[C@@H]2[C@H]3C=C[C@@H]([C@@H]4C[C@@H]34)[C@@H]2C1=O. The van der Waals surface area contributed by atoms with Gasteiger partial charge in [-0.25, -0.2) is 5.01 Å². The van der Waals surface area contributed by atoms with Crippen LogP contribution in [0.15, 0.2) is 60.7 Å². The predicted octanol–water partition coefficient (Wildman–Crippen LogP) is 5.28. The lowest BCUT2D eigenvalue weighted by molar-refractivity contribution is -0.157. The molecule has 190 valence electrons. The Morgan fingerprint density at radius 3 is 2.08 bits per heavy atom. The topological polar surface area (TPSA) is 74.8 Å². The molecule has 0 spiro atoms. The van der Waals surface area contributed by atoms with E-state index in [1.165, 1.54) is 6.07 Å². The number of alkyl halides is 1. The Labute approximate surface area is 229 Å². The summed E-state index contributed by atoms with van der Waals surface area (Å²) in [6.07, 6.45) is 5.16. The van der Waals surface area contributed by atoms with Gasteiger partial charge in [0.25, 0.3) is 17.7 Å². The summed E-state index contributed by atoms with van der Waals surface area (Å²) in [4.78, 5) is 55.8. The first kappa shape index (κ1) is 24.7. The molecular weight excluding hydrogens is 535 g/mol. The lowest BCUT2D eigenvalue weighted by atomic mass is 9.63. The van der Waals surface area contributed by atoms with Crippen LogP contribution in [0.4, 0.5) is 0 Å². The summed E-state index contributed by atoms with van der Waals surface area (Å²) in [7, 11) is 0. The standard InChI is InChI=1S/C28H23Cl3N2O4/c29-12-11-22(25(34)14-5-7-15(30)8-6-14)32(26(35)18-3-1-2-4-21(18)31)33-27(36)23-16-9-10-17(20-13-19(16)20)24(23)28(33)37/h1-10,16-17,19-20,22-24H,11-13H2/t16-,17-,19-,20-,22-,23-,24+/m0/s1. The number of ketones is 1. The molecule has 37 heavy (non-hydrogen) atoms. The molecule has 2 saturated carbocycles. The zero-order chi connectivity index (χ0) is 26.0. The fourth-order valence-corrected chi connectivity index (χ4v) is 7.11. The molecular formula is C28H23Cl3N2O4. The van der Waals surface area contributed by atoms with Crippen molar-refractivity contribution in [1.82, 2.24) is 10.0 Å². The van der Waals surface area contributed by atoms with Crippen molar-refractivity contribution in [2.45, 2.75) is 18.9 Å². The minimum atomic E-state index is -1.20. The van der Waals surface area contributed by atoms with E-state index in [1.807, 2.05) is 0 Å².